The molecule has 136 valence electrons. The van der Waals surface area contributed by atoms with E-state index < -0.39 is 0 Å². The summed E-state index contributed by atoms with van der Waals surface area (Å²) in [5.41, 5.74) is 7.87. The summed E-state index contributed by atoms with van der Waals surface area (Å²) in [6, 6.07) is 3.47. The molecule has 0 spiro atoms. The van der Waals surface area contributed by atoms with Gasteiger partial charge in [0, 0.05) is 11.3 Å². The number of nitrogen functional groups attached to an aromatic ring is 1. The summed E-state index contributed by atoms with van der Waals surface area (Å²) in [6.07, 6.45) is 8.98. The first-order valence-corrected chi connectivity index (χ1v) is 9.34. The van der Waals surface area contributed by atoms with Gasteiger partial charge in [0.15, 0.2) is 0 Å². The van der Waals surface area contributed by atoms with Crippen LogP contribution in [0, 0.1) is 5.92 Å². The average Bonchev–Trinajstić information content (AvgIpc) is 2.66. The predicted octanol–water partition coefficient (Wildman–Crippen LogP) is 3.39. The minimum Gasteiger partial charge on any atom is -0.488 e. The van der Waals surface area contributed by atoms with E-state index in [1.54, 1.807) is 12.1 Å². The molecule has 0 aromatic heterocycles. The Hall–Kier alpha value is -2.01. The van der Waals surface area contributed by atoms with E-state index >= 15 is 0 Å². The van der Waals surface area contributed by atoms with Crippen molar-refractivity contribution in [3.8, 4) is 5.75 Å². The van der Waals surface area contributed by atoms with Gasteiger partial charge < -0.3 is 20.5 Å². The molecular weight excluding hydrogens is 316 g/mol. The van der Waals surface area contributed by atoms with E-state index in [2.05, 4.69) is 12.2 Å². The topological polar surface area (TPSA) is 73.6 Å². The van der Waals surface area contributed by atoms with Crippen molar-refractivity contribution in [1.29, 1.82) is 0 Å². The van der Waals surface area contributed by atoms with E-state index in [1.807, 2.05) is 12.2 Å². The molecule has 1 aromatic carbocycles. The van der Waals surface area contributed by atoms with Crippen molar-refractivity contribution >= 4 is 17.7 Å². The number of carbonyl (C=O) groups is 1. The molecule has 5 nitrogen and oxygen atoms in total. The number of anilines is 1. The van der Waals surface area contributed by atoms with Gasteiger partial charge in [0.1, 0.15) is 24.0 Å². The Morgan fingerprint density at radius 2 is 2.20 bits per heavy atom. The van der Waals surface area contributed by atoms with Crippen LogP contribution in [0.5, 0.6) is 5.75 Å². The largest absolute Gasteiger partial charge is 0.488 e. The fraction of sp³-hybridized carbons (Fsp3) is 0.550. The second-order valence-corrected chi connectivity index (χ2v) is 6.83. The average molecular weight is 344 g/mol. The van der Waals surface area contributed by atoms with Crippen LogP contribution in [0.4, 0.5) is 5.69 Å². The summed E-state index contributed by atoms with van der Waals surface area (Å²) in [4.78, 5) is 12.9. The normalized spacial score (nSPS) is 18.3. The van der Waals surface area contributed by atoms with Crippen LogP contribution in [0.25, 0.3) is 6.08 Å². The van der Waals surface area contributed by atoms with E-state index in [-0.39, 0.29) is 12.1 Å². The number of esters is 1. The number of ether oxygens (including phenoxy) is 2. The predicted molar refractivity (Wildman–Crippen MR) is 99.7 cm³/mol. The Labute approximate surface area is 149 Å². The molecular formula is C20H28N2O3. The molecule has 25 heavy (non-hydrogen) atoms. The molecule has 1 atom stereocenters. The molecule has 2 aliphatic rings. The van der Waals surface area contributed by atoms with Gasteiger partial charge in [0.25, 0.3) is 0 Å². The third-order valence-electron chi connectivity index (χ3n) is 5.07. The van der Waals surface area contributed by atoms with Gasteiger partial charge in [-0.1, -0.05) is 19.8 Å². The SMILES string of the molecule is CCCCC(OC(=O)c1ccc(N)c2c1OCC=C2)C1CCNCC1. The van der Waals surface area contributed by atoms with E-state index in [1.165, 1.54) is 0 Å². The van der Waals surface area contributed by atoms with Gasteiger partial charge in [-0.25, -0.2) is 4.79 Å². The van der Waals surface area contributed by atoms with Crippen LogP contribution in [0.1, 0.15) is 54.9 Å². The summed E-state index contributed by atoms with van der Waals surface area (Å²) in [7, 11) is 0. The van der Waals surface area contributed by atoms with E-state index in [9.17, 15) is 4.79 Å². The first-order valence-electron chi connectivity index (χ1n) is 9.34. The molecule has 1 unspecified atom stereocenters. The lowest BCUT2D eigenvalue weighted by Gasteiger charge is -2.31. The summed E-state index contributed by atoms with van der Waals surface area (Å²) in [5, 5.41) is 3.38. The third-order valence-corrected chi connectivity index (χ3v) is 5.07. The number of piperidine rings is 1. The Kier molecular flexibility index (Phi) is 5.97. The van der Waals surface area contributed by atoms with Crippen molar-refractivity contribution in [3.05, 3.63) is 29.3 Å². The van der Waals surface area contributed by atoms with Gasteiger partial charge >= 0.3 is 5.97 Å². The highest BCUT2D eigenvalue weighted by molar-refractivity contribution is 5.96. The van der Waals surface area contributed by atoms with Crippen LogP contribution in [0.15, 0.2) is 18.2 Å². The standard InChI is InChI=1S/C20H28N2O3/c1-2-3-6-18(14-9-11-22-12-10-14)25-20(23)16-7-8-17(21)15-5-4-13-24-19(15)16/h4-5,7-8,14,18,22H,2-3,6,9-13,21H2,1H3. The number of benzene rings is 1. The highest BCUT2D eigenvalue weighted by atomic mass is 16.5. The van der Waals surface area contributed by atoms with Crippen LogP contribution >= 0.6 is 0 Å². The summed E-state index contributed by atoms with van der Waals surface area (Å²) in [6.45, 7) is 4.61. The molecule has 0 radical (unpaired) electrons. The molecule has 2 heterocycles. The Bertz CT molecular complexity index is 636. The zero-order valence-corrected chi connectivity index (χ0v) is 14.9. The molecule has 1 aromatic rings. The zero-order chi connectivity index (χ0) is 17.6. The number of unbranched alkanes of at least 4 members (excludes halogenated alkanes) is 1. The molecule has 2 aliphatic heterocycles. The molecule has 0 bridgehead atoms. The number of hydrogen-bond donors (Lipinski definition) is 2. The Morgan fingerprint density at radius 3 is 2.96 bits per heavy atom. The van der Waals surface area contributed by atoms with Crippen molar-refractivity contribution in [2.45, 2.75) is 45.1 Å². The molecule has 0 amide bonds. The van der Waals surface area contributed by atoms with Gasteiger partial charge in [-0.3, -0.25) is 0 Å². The van der Waals surface area contributed by atoms with Crippen molar-refractivity contribution in [2.24, 2.45) is 5.92 Å². The number of rotatable bonds is 6. The van der Waals surface area contributed by atoms with Gasteiger partial charge in [-0.15, -0.1) is 0 Å². The second kappa shape index (κ2) is 8.39. The molecule has 1 fully saturated rings. The second-order valence-electron chi connectivity index (χ2n) is 6.83. The van der Waals surface area contributed by atoms with Gasteiger partial charge in [0.05, 0.1) is 0 Å². The van der Waals surface area contributed by atoms with Gasteiger partial charge in [-0.05, 0) is 62.6 Å². The van der Waals surface area contributed by atoms with Crippen molar-refractivity contribution in [1.82, 2.24) is 5.32 Å². The smallest absolute Gasteiger partial charge is 0.342 e. The molecule has 5 heteroatoms. The lowest BCUT2D eigenvalue weighted by atomic mass is 9.89. The number of nitrogens with two attached hydrogens (primary N) is 1. The van der Waals surface area contributed by atoms with Crippen LogP contribution in [0.2, 0.25) is 0 Å². The first-order chi connectivity index (χ1) is 12.2. The highest BCUT2D eigenvalue weighted by Crippen LogP contribution is 2.34. The van der Waals surface area contributed by atoms with E-state index in [4.69, 9.17) is 15.2 Å². The summed E-state index contributed by atoms with van der Waals surface area (Å²) in [5.74, 6) is 0.681. The fourth-order valence-electron chi connectivity index (χ4n) is 3.61. The molecule has 0 aliphatic carbocycles. The van der Waals surface area contributed by atoms with Crippen LogP contribution in [-0.2, 0) is 4.74 Å². The van der Waals surface area contributed by atoms with Crippen molar-refractivity contribution < 1.29 is 14.3 Å². The van der Waals surface area contributed by atoms with Crippen LogP contribution in [-0.4, -0.2) is 31.8 Å². The minimum absolute atomic E-state index is 0.0260. The quantitative estimate of drug-likeness (QED) is 0.611. The monoisotopic (exact) mass is 344 g/mol. The minimum atomic E-state index is -0.300. The lowest BCUT2D eigenvalue weighted by Crippen LogP contribution is -2.36. The zero-order valence-electron chi connectivity index (χ0n) is 14.9. The Balaban J connectivity index is 1.78. The number of nitrogens with one attached hydrogen (secondary N) is 1. The molecule has 0 saturated carbocycles. The lowest BCUT2D eigenvalue weighted by molar-refractivity contribution is 0.00497. The maximum atomic E-state index is 12.9. The van der Waals surface area contributed by atoms with E-state index in [0.717, 1.165) is 50.8 Å². The number of hydrogen-bond acceptors (Lipinski definition) is 5. The Morgan fingerprint density at radius 1 is 1.40 bits per heavy atom. The summed E-state index contributed by atoms with van der Waals surface area (Å²) >= 11 is 0. The van der Waals surface area contributed by atoms with Gasteiger partial charge in [-0.2, -0.15) is 0 Å². The van der Waals surface area contributed by atoms with E-state index in [0.29, 0.717) is 29.5 Å². The maximum absolute atomic E-state index is 12.9. The third kappa shape index (κ3) is 4.15. The molecule has 3 rings (SSSR count). The highest BCUT2D eigenvalue weighted by Gasteiger charge is 2.28. The first kappa shape index (κ1) is 17.8. The molecule has 1 saturated heterocycles. The maximum Gasteiger partial charge on any atom is 0.342 e. The van der Waals surface area contributed by atoms with Crippen molar-refractivity contribution in [3.63, 3.8) is 0 Å². The van der Waals surface area contributed by atoms with Crippen molar-refractivity contribution in [2.75, 3.05) is 25.4 Å². The number of carbonyl (C=O) groups excluding carboxylic acids is 1. The van der Waals surface area contributed by atoms with Crippen LogP contribution in [0.3, 0.4) is 0 Å². The number of fused-ring (bicyclic) bond motifs is 1. The fourth-order valence-corrected chi connectivity index (χ4v) is 3.61. The van der Waals surface area contributed by atoms with Gasteiger partial charge in [0.2, 0.25) is 0 Å². The molecule has 3 N–H and O–H groups in total. The van der Waals surface area contributed by atoms with Crippen LogP contribution < -0.4 is 15.8 Å². The summed E-state index contributed by atoms with van der Waals surface area (Å²) < 4.78 is 11.7.